The van der Waals surface area contributed by atoms with E-state index in [2.05, 4.69) is 6.58 Å². The van der Waals surface area contributed by atoms with Gasteiger partial charge < -0.3 is 4.74 Å². The van der Waals surface area contributed by atoms with Crippen LogP contribution in [0.25, 0.3) is 0 Å². The Morgan fingerprint density at radius 2 is 2.22 bits per heavy atom. The zero-order valence-electron chi connectivity index (χ0n) is 11.0. The number of methoxy groups -OCH3 is 1. The molecular weight excluding hydrogens is 232 g/mol. The Labute approximate surface area is 107 Å². The molecule has 1 saturated carbocycles. The van der Waals surface area contributed by atoms with Crippen LogP contribution in [0.2, 0.25) is 0 Å². The van der Waals surface area contributed by atoms with Crippen molar-refractivity contribution in [1.29, 1.82) is 0 Å². The normalized spacial score (nSPS) is 23.0. The van der Waals surface area contributed by atoms with E-state index < -0.39 is 11.4 Å². The van der Waals surface area contributed by atoms with Crippen molar-refractivity contribution in [3.05, 3.63) is 12.7 Å². The highest BCUT2D eigenvalue weighted by molar-refractivity contribution is 6.03. The molecule has 0 amide bonds. The van der Waals surface area contributed by atoms with Crippen molar-refractivity contribution < 1.29 is 19.1 Å². The quantitative estimate of drug-likeness (QED) is 0.427. The minimum atomic E-state index is -1.23. The summed E-state index contributed by atoms with van der Waals surface area (Å²) in [6, 6.07) is 0. The van der Waals surface area contributed by atoms with Gasteiger partial charge in [0.1, 0.15) is 17.0 Å². The number of esters is 1. The topological polar surface area (TPSA) is 60.4 Å². The molecule has 1 aliphatic rings. The molecule has 0 N–H and O–H groups in total. The molecule has 18 heavy (non-hydrogen) atoms. The van der Waals surface area contributed by atoms with Gasteiger partial charge in [-0.3, -0.25) is 14.4 Å². The van der Waals surface area contributed by atoms with Gasteiger partial charge in [-0.25, -0.2) is 0 Å². The van der Waals surface area contributed by atoms with E-state index in [0.29, 0.717) is 12.8 Å². The van der Waals surface area contributed by atoms with E-state index in [9.17, 15) is 14.4 Å². The van der Waals surface area contributed by atoms with Crippen molar-refractivity contribution in [2.75, 3.05) is 7.11 Å². The van der Waals surface area contributed by atoms with Crippen LogP contribution in [0.3, 0.4) is 0 Å². The van der Waals surface area contributed by atoms with Crippen LogP contribution < -0.4 is 0 Å². The number of carbonyl (C=O) groups is 3. The summed E-state index contributed by atoms with van der Waals surface area (Å²) >= 11 is 0. The van der Waals surface area contributed by atoms with Gasteiger partial charge in [0.15, 0.2) is 0 Å². The summed E-state index contributed by atoms with van der Waals surface area (Å²) in [7, 11) is 1.27. The molecule has 0 spiro atoms. The van der Waals surface area contributed by atoms with Crippen LogP contribution in [0.5, 0.6) is 0 Å². The van der Waals surface area contributed by atoms with Gasteiger partial charge in [0.05, 0.1) is 7.11 Å². The fraction of sp³-hybridized carbons (Fsp3) is 0.643. The first-order valence-corrected chi connectivity index (χ1v) is 6.21. The first-order chi connectivity index (χ1) is 8.48. The van der Waals surface area contributed by atoms with Gasteiger partial charge in [0.25, 0.3) is 0 Å². The second-order valence-electron chi connectivity index (χ2n) is 4.84. The van der Waals surface area contributed by atoms with E-state index in [1.807, 2.05) is 0 Å². The third-order valence-electron chi connectivity index (χ3n) is 3.82. The number of carbonyl (C=O) groups excluding carboxylic acids is 3. The number of ether oxygens (including phenoxy) is 1. The van der Waals surface area contributed by atoms with E-state index in [1.165, 1.54) is 14.0 Å². The van der Waals surface area contributed by atoms with Gasteiger partial charge in [0.2, 0.25) is 0 Å². The maximum atomic E-state index is 12.1. The molecule has 0 bridgehead atoms. The Hall–Kier alpha value is -1.45. The largest absolute Gasteiger partial charge is 0.468 e. The van der Waals surface area contributed by atoms with Crippen LogP contribution in [0, 0.1) is 11.3 Å². The van der Waals surface area contributed by atoms with Gasteiger partial charge in [-0.1, -0.05) is 6.08 Å². The van der Waals surface area contributed by atoms with Crippen molar-refractivity contribution in [2.45, 2.75) is 39.0 Å². The SMILES string of the molecule is C=CCC(C(C)=O)(C(=O)OC)[C@H]1CCCC(=O)C1. The molecule has 0 aromatic heterocycles. The summed E-state index contributed by atoms with van der Waals surface area (Å²) in [6.45, 7) is 5.00. The number of hydrogen-bond donors (Lipinski definition) is 0. The first-order valence-electron chi connectivity index (χ1n) is 6.21. The van der Waals surface area contributed by atoms with E-state index in [1.54, 1.807) is 6.08 Å². The number of ketones is 2. The average molecular weight is 252 g/mol. The second-order valence-corrected chi connectivity index (χ2v) is 4.84. The second kappa shape index (κ2) is 5.94. The van der Waals surface area contributed by atoms with Crippen LogP contribution in [0.15, 0.2) is 12.7 Å². The van der Waals surface area contributed by atoms with Crippen molar-refractivity contribution >= 4 is 17.5 Å². The average Bonchev–Trinajstić information content (AvgIpc) is 2.34. The van der Waals surface area contributed by atoms with E-state index >= 15 is 0 Å². The summed E-state index contributed by atoms with van der Waals surface area (Å²) in [4.78, 5) is 35.6. The molecule has 4 nitrogen and oxygen atoms in total. The minimum Gasteiger partial charge on any atom is -0.468 e. The van der Waals surface area contributed by atoms with Crippen molar-refractivity contribution in [3.8, 4) is 0 Å². The fourth-order valence-electron chi connectivity index (χ4n) is 2.85. The third-order valence-corrected chi connectivity index (χ3v) is 3.82. The van der Waals surface area contributed by atoms with Gasteiger partial charge in [-0.2, -0.15) is 0 Å². The van der Waals surface area contributed by atoms with Crippen molar-refractivity contribution in [2.24, 2.45) is 11.3 Å². The number of hydrogen-bond acceptors (Lipinski definition) is 4. The highest BCUT2D eigenvalue weighted by atomic mass is 16.5. The molecule has 1 aliphatic carbocycles. The Morgan fingerprint density at radius 1 is 1.56 bits per heavy atom. The highest BCUT2D eigenvalue weighted by Crippen LogP contribution is 2.42. The molecule has 0 aromatic carbocycles. The summed E-state index contributed by atoms with van der Waals surface area (Å²) in [5.41, 5.74) is -1.23. The van der Waals surface area contributed by atoms with E-state index in [4.69, 9.17) is 4.74 Å². The maximum absolute atomic E-state index is 12.1. The minimum absolute atomic E-state index is 0.116. The molecule has 0 radical (unpaired) electrons. The van der Waals surface area contributed by atoms with E-state index in [-0.39, 0.29) is 30.3 Å². The molecule has 0 aromatic rings. The lowest BCUT2D eigenvalue weighted by Gasteiger charge is -2.37. The van der Waals surface area contributed by atoms with E-state index in [0.717, 1.165) is 6.42 Å². The maximum Gasteiger partial charge on any atom is 0.319 e. The Morgan fingerprint density at radius 3 is 2.67 bits per heavy atom. The molecule has 1 fully saturated rings. The summed E-state index contributed by atoms with van der Waals surface area (Å²) < 4.78 is 4.80. The lowest BCUT2D eigenvalue weighted by molar-refractivity contribution is -0.162. The molecule has 4 heteroatoms. The first kappa shape index (κ1) is 14.6. The predicted octanol–water partition coefficient (Wildman–Crippen LogP) is 2.07. The summed E-state index contributed by atoms with van der Waals surface area (Å²) in [6.07, 6.45) is 4.04. The zero-order valence-corrected chi connectivity index (χ0v) is 11.0. The third kappa shape index (κ3) is 2.52. The number of rotatable bonds is 5. The monoisotopic (exact) mass is 252 g/mol. The van der Waals surface area contributed by atoms with Crippen molar-refractivity contribution in [3.63, 3.8) is 0 Å². The zero-order chi connectivity index (χ0) is 13.8. The smallest absolute Gasteiger partial charge is 0.319 e. The molecule has 1 unspecified atom stereocenters. The lowest BCUT2D eigenvalue weighted by atomic mass is 9.64. The van der Waals surface area contributed by atoms with Gasteiger partial charge >= 0.3 is 5.97 Å². The number of allylic oxidation sites excluding steroid dienone is 1. The van der Waals surface area contributed by atoms with Crippen molar-refractivity contribution in [1.82, 2.24) is 0 Å². The molecule has 2 atom stereocenters. The Bertz CT molecular complexity index is 372. The van der Waals surface area contributed by atoms with Crippen LogP contribution in [-0.2, 0) is 19.1 Å². The van der Waals surface area contributed by atoms with Crippen LogP contribution in [0.4, 0.5) is 0 Å². The summed E-state index contributed by atoms with van der Waals surface area (Å²) in [5, 5.41) is 0. The molecule has 1 rings (SSSR count). The summed E-state index contributed by atoms with van der Waals surface area (Å²) in [5.74, 6) is -0.935. The molecular formula is C14H20O4. The Kier molecular flexibility index (Phi) is 4.82. The molecule has 0 saturated heterocycles. The highest BCUT2D eigenvalue weighted by Gasteiger charge is 2.50. The van der Waals surface area contributed by atoms with Gasteiger partial charge in [-0.15, -0.1) is 6.58 Å². The fourth-order valence-corrected chi connectivity index (χ4v) is 2.85. The predicted molar refractivity (Wildman–Crippen MR) is 66.9 cm³/mol. The van der Waals surface area contributed by atoms with Crippen LogP contribution in [0.1, 0.15) is 39.0 Å². The van der Waals surface area contributed by atoms with Gasteiger partial charge in [0, 0.05) is 12.8 Å². The molecule has 0 heterocycles. The van der Waals surface area contributed by atoms with Crippen LogP contribution >= 0.6 is 0 Å². The molecule has 100 valence electrons. The lowest BCUT2D eigenvalue weighted by Crippen LogP contribution is -2.47. The molecule has 0 aliphatic heterocycles. The Balaban J connectivity index is 3.15. The van der Waals surface area contributed by atoms with Crippen LogP contribution in [-0.4, -0.2) is 24.6 Å². The number of Topliss-reactive ketones (excluding diaryl/α,β-unsaturated/α-hetero) is 2. The standard InChI is InChI=1S/C14H20O4/c1-4-8-14(10(2)15,13(17)18-3)11-6-5-7-12(16)9-11/h4,11H,1,5-9H2,2-3H3/t11-,14?/m0/s1. The van der Waals surface area contributed by atoms with Gasteiger partial charge in [-0.05, 0) is 32.1 Å².